The summed E-state index contributed by atoms with van der Waals surface area (Å²) in [5.41, 5.74) is 2.28. The Morgan fingerprint density at radius 1 is 1.33 bits per heavy atom. The van der Waals surface area contributed by atoms with E-state index in [9.17, 15) is 0 Å². The number of hydrogen-bond donors (Lipinski definition) is 1. The van der Waals surface area contributed by atoms with Gasteiger partial charge in [-0.05, 0) is 25.5 Å². The summed E-state index contributed by atoms with van der Waals surface area (Å²) in [7, 11) is 0. The number of rotatable bonds is 5. The Balaban J connectivity index is 2.59. The van der Waals surface area contributed by atoms with E-state index in [1.807, 2.05) is 24.3 Å². The van der Waals surface area contributed by atoms with Crippen molar-refractivity contribution in [3.63, 3.8) is 0 Å². The first-order valence-corrected chi connectivity index (χ1v) is 5.47. The van der Waals surface area contributed by atoms with Crippen LogP contribution in [0, 0.1) is 18.3 Å². The summed E-state index contributed by atoms with van der Waals surface area (Å²) >= 11 is 0. The van der Waals surface area contributed by atoms with E-state index < -0.39 is 0 Å². The van der Waals surface area contributed by atoms with Gasteiger partial charge in [0.2, 0.25) is 0 Å². The molecule has 0 bridgehead atoms. The maximum atomic E-state index is 9.04. The van der Waals surface area contributed by atoms with Gasteiger partial charge in [0, 0.05) is 0 Å². The van der Waals surface area contributed by atoms with Crippen molar-refractivity contribution < 1.29 is 0 Å². The summed E-state index contributed by atoms with van der Waals surface area (Å²) in [6, 6.07) is 10.2. The topological polar surface area (TPSA) is 35.8 Å². The maximum Gasteiger partial charge on any atom is 0.121 e. The first kappa shape index (κ1) is 11.7. The molecule has 0 saturated carbocycles. The lowest BCUT2D eigenvalue weighted by Crippen LogP contribution is -2.20. The van der Waals surface area contributed by atoms with Crippen molar-refractivity contribution in [1.82, 2.24) is 5.32 Å². The van der Waals surface area contributed by atoms with Gasteiger partial charge < -0.3 is 0 Å². The molecule has 0 aliphatic heterocycles. The Morgan fingerprint density at radius 2 is 2.00 bits per heavy atom. The monoisotopic (exact) mass is 202 g/mol. The highest BCUT2D eigenvalue weighted by Gasteiger charge is 2.07. The Hall–Kier alpha value is -1.33. The lowest BCUT2D eigenvalue weighted by Gasteiger charge is -2.11. The van der Waals surface area contributed by atoms with Gasteiger partial charge in [-0.1, -0.05) is 43.2 Å². The van der Waals surface area contributed by atoms with Crippen molar-refractivity contribution in [3.05, 3.63) is 35.4 Å². The molecule has 0 saturated heterocycles. The van der Waals surface area contributed by atoms with Gasteiger partial charge in [-0.3, -0.25) is 5.32 Å². The molecule has 2 heteroatoms. The van der Waals surface area contributed by atoms with Crippen LogP contribution in [-0.4, -0.2) is 6.54 Å². The van der Waals surface area contributed by atoms with Crippen LogP contribution in [0.5, 0.6) is 0 Å². The predicted octanol–water partition coefficient (Wildman–Crippen LogP) is 2.95. The molecule has 15 heavy (non-hydrogen) atoms. The number of unbranched alkanes of at least 4 members (excludes halogenated alkanes) is 1. The zero-order valence-electron chi connectivity index (χ0n) is 9.46. The lowest BCUT2D eigenvalue weighted by molar-refractivity contribution is 0.598. The van der Waals surface area contributed by atoms with Crippen LogP contribution in [0.3, 0.4) is 0 Å². The van der Waals surface area contributed by atoms with E-state index in [4.69, 9.17) is 5.26 Å². The molecule has 1 aromatic rings. The van der Waals surface area contributed by atoms with Crippen molar-refractivity contribution in [1.29, 1.82) is 5.26 Å². The lowest BCUT2D eigenvalue weighted by atomic mass is 10.1. The van der Waals surface area contributed by atoms with Crippen LogP contribution in [0.2, 0.25) is 0 Å². The largest absolute Gasteiger partial charge is 0.298 e. The highest BCUT2D eigenvalue weighted by atomic mass is 14.9. The number of nitrogens with one attached hydrogen (secondary N) is 1. The molecule has 0 heterocycles. The Labute approximate surface area is 91.9 Å². The molecule has 1 N–H and O–H groups in total. The Kier molecular flexibility index (Phi) is 4.86. The molecule has 0 spiro atoms. The molecule has 80 valence electrons. The van der Waals surface area contributed by atoms with E-state index in [1.165, 1.54) is 5.56 Å². The molecule has 1 rings (SSSR count). The van der Waals surface area contributed by atoms with E-state index in [1.54, 1.807) is 0 Å². The first-order valence-electron chi connectivity index (χ1n) is 5.47. The second-order valence-electron chi connectivity index (χ2n) is 3.78. The van der Waals surface area contributed by atoms with Gasteiger partial charge in [0.25, 0.3) is 0 Å². The molecule has 1 aromatic carbocycles. The molecule has 1 atom stereocenters. The van der Waals surface area contributed by atoms with Crippen LogP contribution in [0.25, 0.3) is 0 Å². The van der Waals surface area contributed by atoms with Crippen LogP contribution in [0.1, 0.15) is 36.9 Å². The van der Waals surface area contributed by atoms with E-state index in [0.29, 0.717) is 0 Å². The van der Waals surface area contributed by atoms with Gasteiger partial charge in [0.1, 0.15) is 6.04 Å². The first-order chi connectivity index (χ1) is 7.27. The summed E-state index contributed by atoms with van der Waals surface area (Å²) in [5.74, 6) is 0. The van der Waals surface area contributed by atoms with Crippen LogP contribution in [-0.2, 0) is 0 Å². The highest BCUT2D eigenvalue weighted by Crippen LogP contribution is 2.12. The zero-order valence-corrected chi connectivity index (χ0v) is 9.46. The van der Waals surface area contributed by atoms with Crippen LogP contribution >= 0.6 is 0 Å². The van der Waals surface area contributed by atoms with Crippen molar-refractivity contribution in [3.8, 4) is 6.07 Å². The van der Waals surface area contributed by atoms with Gasteiger partial charge in [-0.25, -0.2) is 0 Å². The minimum absolute atomic E-state index is 0.169. The van der Waals surface area contributed by atoms with E-state index in [-0.39, 0.29) is 6.04 Å². The van der Waals surface area contributed by atoms with Gasteiger partial charge >= 0.3 is 0 Å². The third kappa shape index (κ3) is 3.73. The smallest absolute Gasteiger partial charge is 0.121 e. The number of benzene rings is 1. The molecule has 0 aliphatic rings. The summed E-state index contributed by atoms with van der Waals surface area (Å²) in [5, 5.41) is 12.3. The molecule has 0 fully saturated rings. The van der Waals surface area contributed by atoms with Crippen LogP contribution < -0.4 is 5.32 Å². The van der Waals surface area contributed by atoms with Crippen molar-refractivity contribution in [2.75, 3.05) is 6.54 Å². The number of aryl methyl sites for hydroxylation is 1. The Morgan fingerprint density at radius 3 is 2.53 bits per heavy atom. The second-order valence-corrected chi connectivity index (χ2v) is 3.78. The molecular formula is C13H18N2. The summed E-state index contributed by atoms with van der Waals surface area (Å²) in [6.45, 7) is 5.10. The summed E-state index contributed by atoms with van der Waals surface area (Å²) < 4.78 is 0. The minimum Gasteiger partial charge on any atom is -0.298 e. The molecule has 0 aliphatic carbocycles. The predicted molar refractivity (Wildman–Crippen MR) is 62.4 cm³/mol. The fourth-order valence-electron chi connectivity index (χ4n) is 1.42. The van der Waals surface area contributed by atoms with Gasteiger partial charge in [0.05, 0.1) is 6.07 Å². The maximum absolute atomic E-state index is 9.04. The molecule has 2 nitrogen and oxygen atoms in total. The van der Waals surface area contributed by atoms with Gasteiger partial charge in [-0.2, -0.15) is 5.26 Å². The second kappa shape index (κ2) is 6.21. The fourth-order valence-corrected chi connectivity index (χ4v) is 1.42. The SMILES string of the molecule is CCCCNC(C#N)c1ccc(C)cc1. The number of nitrogens with zero attached hydrogens (tertiary/aromatic N) is 1. The average Bonchev–Trinajstić information content (AvgIpc) is 2.26. The molecule has 0 aromatic heterocycles. The molecular weight excluding hydrogens is 184 g/mol. The van der Waals surface area contributed by atoms with E-state index in [2.05, 4.69) is 25.2 Å². The Bertz CT molecular complexity index is 321. The summed E-state index contributed by atoms with van der Waals surface area (Å²) in [4.78, 5) is 0. The van der Waals surface area contributed by atoms with Gasteiger partial charge in [0.15, 0.2) is 0 Å². The van der Waals surface area contributed by atoms with Crippen molar-refractivity contribution in [2.45, 2.75) is 32.7 Å². The van der Waals surface area contributed by atoms with Gasteiger partial charge in [-0.15, -0.1) is 0 Å². The molecule has 0 radical (unpaired) electrons. The third-order valence-electron chi connectivity index (χ3n) is 2.42. The van der Waals surface area contributed by atoms with Crippen molar-refractivity contribution >= 4 is 0 Å². The molecule has 1 unspecified atom stereocenters. The molecule has 0 amide bonds. The quantitative estimate of drug-likeness (QED) is 0.745. The number of hydrogen-bond acceptors (Lipinski definition) is 2. The van der Waals surface area contributed by atoms with Crippen molar-refractivity contribution in [2.24, 2.45) is 0 Å². The number of nitriles is 1. The van der Waals surface area contributed by atoms with E-state index in [0.717, 1.165) is 24.9 Å². The van der Waals surface area contributed by atoms with E-state index >= 15 is 0 Å². The standard InChI is InChI=1S/C13H18N2/c1-3-4-9-15-13(10-14)12-7-5-11(2)6-8-12/h5-8,13,15H,3-4,9H2,1-2H3. The third-order valence-corrected chi connectivity index (χ3v) is 2.42. The van der Waals surface area contributed by atoms with Crippen LogP contribution in [0.15, 0.2) is 24.3 Å². The fraction of sp³-hybridized carbons (Fsp3) is 0.462. The zero-order chi connectivity index (χ0) is 11.1. The average molecular weight is 202 g/mol. The normalized spacial score (nSPS) is 12.1. The minimum atomic E-state index is -0.169. The van der Waals surface area contributed by atoms with Crippen LogP contribution in [0.4, 0.5) is 0 Å². The summed E-state index contributed by atoms with van der Waals surface area (Å²) in [6.07, 6.45) is 2.27. The highest BCUT2D eigenvalue weighted by molar-refractivity contribution is 5.27.